The third-order valence-electron chi connectivity index (χ3n) is 5.98. The molecule has 2 fully saturated rings. The summed E-state index contributed by atoms with van der Waals surface area (Å²) >= 11 is 0. The molecule has 2 aliphatic rings. The van der Waals surface area contributed by atoms with Gasteiger partial charge in [0, 0.05) is 69.7 Å². The standard InChI is InChI=1S/C22H39N7O.HI/c1-5-23-21(26-18-22(2,3)29-13-15-30-16-14-29)25-17-19-7-6-8-24-20(19)28-11-9-27(4)10-12-28;/h6-8H,5,9-18H2,1-4H3,(H2,23,25,26);1H. The van der Waals surface area contributed by atoms with Crippen LogP contribution in [0.15, 0.2) is 23.3 Å². The second kappa shape index (κ2) is 12.8. The van der Waals surface area contributed by atoms with E-state index in [4.69, 9.17) is 9.73 Å². The highest BCUT2D eigenvalue weighted by molar-refractivity contribution is 14.0. The number of likely N-dealkylation sites (N-methyl/N-ethyl adjacent to an activating group) is 1. The fraction of sp³-hybridized carbons (Fsp3) is 0.727. The lowest BCUT2D eigenvalue weighted by Gasteiger charge is -2.41. The predicted octanol–water partition coefficient (Wildman–Crippen LogP) is 1.62. The van der Waals surface area contributed by atoms with Crippen molar-refractivity contribution < 1.29 is 4.74 Å². The van der Waals surface area contributed by atoms with Crippen LogP contribution in [0, 0.1) is 0 Å². The topological polar surface area (TPSA) is 68.3 Å². The second-order valence-corrected chi connectivity index (χ2v) is 8.74. The molecule has 0 spiro atoms. The second-order valence-electron chi connectivity index (χ2n) is 8.74. The minimum Gasteiger partial charge on any atom is -0.379 e. The number of morpholine rings is 1. The highest BCUT2D eigenvalue weighted by Gasteiger charge is 2.28. The van der Waals surface area contributed by atoms with Gasteiger partial charge in [-0.3, -0.25) is 4.90 Å². The minimum absolute atomic E-state index is 0. The number of ether oxygens (including phenoxy) is 1. The van der Waals surface area contributed by atoms with E-state index in [1.54, 1.807) is 0 Å². The summed E-state index contributed by atoms with van der Waals surface area (Å²) in [5.74, 6) is 1.92. The van der Waals surface area contributed by atoms with E-state index < -0.39 is 0 Å². The summed E-state index contributed by atoms with van der Waals surface area (Å²) in [5, 5.41) is 6.94. The Morgan fingerprint density at radius 2 is 1.84 bits per heavy atom. The number of aliphatic imine (C=N–C) groups is 1. The average molecular weight is 546 g/mol. The Hall–Kier alpha value is -1.17. The highest BCUT2D eigenvalue weighted by Crippen LogP contribution is 2.20. The zero-order chi connectivity index (χ0) is 21.4. The number of anilines is 1. The molecule has 0 atom stereocenters. The van der Waals surface area contributed by atoms with Gasteiger partial charge in [-0.25, -0.2) is 9.98 Å². The van der Waals surface area contributed by atoms with Gasteiger partial charge in [-0.1, -0.05) is 6.07 Å². The Bertz CT molecular complexity index is 686. The van der Waals surface area contributed by atoms with Crippen molar-refractivity contribution in [2.24, 2.45) is 4.99 Å². The average Bonchev–Trinajstić information content (AvgIpc) is 2.77. The SMILES string of the molecule is CCNC(=NCc1cccnc1N1CCN(C)CC1)NCC(C)(C)N1CCOCC1.I. The summed E-state index contributed by atoms with van der Waals surface area (Å²) in [6.45, 7) is 16.7. The number of piperazine rings is 1. The zero-order valence-electron chi connectivity index (χ0n) is 19.6. The highest BCUT2D eigenvalue weighted by atomic mass is 127. The molecule has 9 heteroatoms. The molecule has 0 radical (unpaired) electrons. The molecule has 0 unspecified atom stereocenters. The molecule has 2 saturated heterocycles. The molecule has 1 aromatic rings. The molecular formula is C22H40IN7O. The normalized spacial score (nSPS) is 19.1. The van der Waals surface area contributed by atoms with Gasteiger partial charge in [0.15, 0.2) is 5.96 Å². The first kappa shape index (κ1) is 26.1. The van der Waals surface area contributed by atoms with Gasteiger partial charge >= 0.3 is 0 Å². The third-order valence-corrected chi connectivity index (χ3v) is 5.98. The van der Waals surface area contributed by atoms with E-state index in [0.29, 0.717) is 6.54 Å². The maximum atomic E-state index is 5.50. The fourth-order valence-corrected chi connectivity index (χ4v) is 3.94. The van der Waals surface area contributed by atoms with Crippen LogP contribution in [0.4, 0.5) is 5.82 Å². The van der Waals surface area contributed by atoms with Crippen LogP contribution in [0.2, 0.25) is 0 Å². The summed E-state index contributed by atoms with van der Waals surface area (Å²) < 4.78 is 5.50. The van der Waals surface area contributed by atoms with Crippen LogP contribution >= 0.6 is 24.0 Å². The van der Waals surface area contributed by atoms with Crippen LogP contribution in [-0.2, 0) is 11.3 Å². The van der Waals surface area contributed by atoms with E-state index in [2.05, 4.69) is 64.2 Å². The van der Waals surface area contributed by atoms with Crippen LogP contribution in [0.25, 0.3) is 0 Å². The van der Waals surface area contributed by atoms with Crippen LogP contribution in [0.5, 0.6) is 0 Å². The van der Waals surface area contributed by atoms with E-state index in [-0.39, 0.29) is 29.5 Å². The van der Waals surface area contributed by atoms with E-state index in [1.807, 2.05) is 12.3 Å². The number of nitrogens with one attached hydrogen (secondary N) is 2. The van der Waals surface area contributed by atoms with Gasteiger partial charge in [-0.05, 0) is 33.9 Å². The van der Waals surface area contributed by atoms with Gasteiger partial charge in [0.25, 0.3) is 0 Å². The van der Waals surface area contributed by atoms with Crippen molar-refractivity contribution in [3.8, 4) is 0 Å². The Labute approximate surface area is 204 Å². The number of rotatable bonds is 7. The number of hydrogen-bond donors (Lipinski definition) is 2. The van der Waals surface area contributed by atoms with Crippen LogP contribution in [0.1, 0.15) is 26.3 Å². The number of aromatic nitrogens is 1. The molecule has 0 bridgehead atoms. The Kier molecular flexibility index (Phi) is 10.7. The van der Waals surface area contributed by atoms with Crippen LogP contribution < -0.4 is 15.5 Å². The Morgan fingerprint density at radius 1 is 1.13 bits per heavy atom. The van der Waals surface area contributed by atoms with Gasteiger partial charge < -0.3 is 25.2 Å². The van der Waals surface area contributed by atoms with Gasteiger partial charge in [-0.2, -0.15) is 0 Å². The first-order valence-corrected chi connectivity index (χ1v) is 11.2. The molecule has 176 valence electrons. The number of pyridine rings is 1. The van der Waals surface area contributed by atoms with E-state index in [1.165, 1.54) is 5.56 Å². The monoisotopic (exact) mass is 545 g/mol. The molecule has 0 saturated carbocycles. The van der Waals surface area contributed by atoms with Crippen molar-refractivity contribution in [2.45, 2.75) is 32.9 Å². The number of guanidine groups is 1. The molecule has 3 heterocycles. The number of nitrogens with zero attached hydrogens (tertiary/aromatic N) is 5. The molecule has 8 nitrogen and oxygen atoms in total. The molecular weight excluding hydrogens is 505 g/mol. The van der Waals surface area contributed by atoms with Crippen LogP contribution in [-0.4, -0.2) is 98.9 Å². The maximum Gasteiger partial charge on any atom is 0.191 e. The van der Waals surface area contributed by atoms with Crippen molar-refractivity contribution >= 4 is 35.8 Å². The lowest BCUT2D eigenvalue weighted by Crippen LogP contribution is -2.56. The Balaban J connectivity index is 0.00000341. The van der Waals surface area contributed by atoms with Crippen molar-refractivity contribution in [3.05, 3.63) is 23.9 Å². The summed E-state index contributed by atoms with van der Waals surface area (Å²) in [5.41, 5.74) is 1.21. The van der Waals surface area contributed by atoms with E-state index in [9.17, 15) is 0 Å². The predicted molar refractivity (Wildman–Crippen MR) is 139 cm³/mol. The third kappa shape index (κ3) is 7.73. The van der Waals surface area contributed by atoms with E-state index in [0.717, 1.165) is 77.3 Å². The van der Waals surface area contributed by atoms with Crippen molar-refractivity contribution in [1.29, 1.82) is 0 Å². The summed E-state index contributed by atoms with van der Waals surface area (Å²) in [7, 11) is 2.17. The van der Waals surface area contributed by atoms with Gasteiger partial charge in [0.05, 0.1) is 19.8 Å². The molecule has 3 rings (SSSR count). The fourth-order valence-electron chi connectivity index (χ4n) is 3.94. The molecule has 31 heavy (non-hydrogen) atoms. The summed E-state index contributed by atoms with van der Waals surface area (Å²) in [4.78, 5) is 16.8. The lowest BCUT2D eigenvalue weighted by atomic mass is 10.0. The molecule has 0 aromatic carbocycles. The lowest BCUT2D eigenvalue weighted by molar-refractivity contribution is -0.00834. The quantitative estimate of drug-likeness (QED) is 0.307. The largest absolute Gasteiger partial charge is 0.379 e. The number of hydrogen-bond acceptors (Lipinski definition) is 6. The number of halogens is 1. The zero-order valence-corrected chi connectivity index (χ0v) is 21.9. The minimum atomic E-state index is 0. The van der Waals surface area contributed by atoms with Crippen molar-refractivity contribution in [2.75, 3.05) is 77.5 Å². The molecule has 0 aliphatic carbocycles. The summed E-state index contributed by atoms with van der Waals surface area (Å²) in [6, 6.07) is 4.15. The van der Waals surface area contributed by atoms with Gasteiger partial charge in [0.1, 0.15) is 5.82 Å². The van der Waals surface area contributed by atoms with Crippen molar-refractivity contribution in [1.82, 2.24) is 25.4 Å². The first-order valence-electron chi connectivity index (χ1n) is 11.2. The van der Waals surface area contributed by atoms with Crippen molar-refractivity contribution in [3.63, 3.8) is 0 Å². The van der Waals surface area contributed by atoms with Gasteiger partial charge in [-0.15, -0.1) is 24.0 Å². The maximum absolute atomic E-state index is 5.50. The molecule has 2 N–H and O–H groups in total. The smallest absolute Gasteiger partial charge is 0.191 e. The van der Waals surface area contributed by atoms with Crippen LogP contribution in [0.3, 0.4) is 0 Å². The Morgan fingerprint density at radius 3 is 2.52 bits per heavy atom. The summed E-state index contributed by atoms with van der Waals surface area (Å²) in [6.07, 6.45) is 1.88. The first-order chi connectivity index (χ1) is 14.5. The van der Waals surface area contributed by atoms with E-state index >= 15 is 0 Å². The van der Waals surface area contributed by atoms with Gasteiger partial charge in [0.2, 0.25) is 0 Å². The molecule has 2 aliphatic heterocycles. The molecule has 1 aromatic heterocycles. The molecule has 0 amide bonds.